The number of unbranched alkanes of at least 4 members (excludes halogenated alkanes) is 1. The number of thioether (sulfide) groups is 2. The monoisotopic (exact) mass is 1420 g/mol. The van der Waals surface area contributed by atoms with Gasteiger partial charge < -0.3 is 68.0 Å². The Balaban J connectivity index is 1.07. The van der Waals surface area contributed by atoms with Crippen LogP contribution in [-0.2, 0) is 72.3 Å². The van der Waals surface area contributed by atoms with Crippen LogP contribution in [0.4, 0.5) is 4.39 Å². The standard InChI is InChI=1S/C73H86FN13O12S2/c1-73-27-12-30-87(73)71(97)60(34-45-20-23-53(99-2)24-21-45)85-68(94)58(37-52-40-76-44-80-52)82-69(95)59(38-63(90)91)83-67(93)57(35-50-39-78-55-25-22-51(74)36-54(50)55)84-70(96)65(64(48-15-5-3-6-16-48)49-17-7-4-8-18-49)86-62(89)41-79-66(92)56(19-9-10-28-75)81-61(88)26-31-100-42-46-13-11-14-47(33-46)43-101-32-29-77-72(73)98/h3-8,11,13-18,20-25,33,36,39,44,56-60,64-65,78H,9-10,12,19,26-32,34-35,37-38,40-43,75H2,1-2H3,(H,77,98)(H,79,92)(H,81,88)(H,82,95)(H,83,93)(H,84,96)(H,85,94)(H,86,89)(H,90,91)/t56-,57-,58-,59-,60-,65?,73-/m0/s1. The van der Waals surface area contributed by atoms with E-state index < -0.39 is 126 Å². The lowest BCUT2D eigenvalue weighted by Crippen LogP contribution is -2.62. The zero-order chi connectivity index (χ0) is 71.8. The second-order valence-corrected chi connectivity index (χ2v) is 27.4. The minimum Gasteiger partial charge on any atom is -0.497 e. The summed E-state index contributed by atoms with van der Waals surface area (Å²) in [5, 5.41) is 32.8. The molecule has 28 heteroatoms. The Morgan fingerprint density at radius 3 is 2.01 bits per heavy atom. The molecule has 1 saturated heterocycles. The first-order valence-electron chi connectivity index (χ1n) is 33.6. The molecule has 3 aliphatic rings. The van der Waals surface area contributed by atoms with Gasteiger partial charge in [-0.1, -0.05) is 97.1 Å². The van der Waals surface area contributed by atoms with Gasteiger partial charge in [0.25, 0.3) is 0 Å². The molecule has 12 N–H and O–H groups in total. The van der Waals surface area contributed by atoms with Crippen molar-refractivity contribution in [3.8, 4) is 5.75 Å². The van der Waals surface area contributed by atoms with Crippen molar-refractivity contribution in [2.75, 3.05) is 51.3 Å². The molecular weight excluding hydrogens is 1330 g/mol. The lowest BCUT2D eigenvalue weighted by atomic mass is 9.84. The number of hydrogen-bond acceptors (Lipinski definition) is 16. The van der Waals surface area contributed by atoms with E-state index in [4.69, 9.17) is 10.5 Å². The maximum atomic E-state index is 15.6. The Bertz CT molecular complexity index is 3940. The van der Waals surface area contributed by atoms with Crippen LogP contribution in [-0.4, -0.2) is 179 Å². The van der Waals surface area contributed by atoms with Crippen LogP contribution in [0.15, 0.2) is 144 Å². The smallest absolute Gasteiger partial charge is 0.305 e. The SMILES string of the molecule is COc1ccc(C[C@@H]2NC(=O)[C@H](CC3=NC=NC3)NC(=O)[C@H](CC(=O)O)NC(=O)[C@H](Cc3c[nH]c4ccc(F)cc34)NC(=O)C(C(c3ccccc3)c3ccccc3)NC(=O)CNC(=O)[C@H](CCCCN)NC(=O)CCSCc3cccc(c3)CSCCNC(=O)[C@]3(C)CCCN3C2=O)cc1. The van der Waals surface area contributed by atoms with Gasteiger partial charge in [-0.05, 0) is 109 Å². The third-order valence-electron chi connectivity index (χ3n) is 17.9. The number of aromatic amines is 1. The number of amides is 9. The topological polar surface area (TPSA) is 366 Å². The number of carbonyl (C=O) groups is 10. The Labute approximate surface area is 593 Å². The number of nitrogens with zero attached hydrogens (tertiary/aromatic N) is 3. The molecule has 25 nitrogen and oxygen atoms in total. The Morgan fingerprint density at radius 2 is 1.35 bits per heavy atom. The van der Waals surface area contributed by atoms with E-state index in [0.717, 1.165) is 11.1 Å². The molecule has 5 aromatic carbocycles. The number of ether oxygens (including phenoxy) is 1. The number of nitrogens with two attached hydrogens (primary N) is 1. The molecule has 9 amide bonds. The first-order valence-corrected chi connectivity index (χ1v) is 35.9. The van der Waals surface area contributed by atoms with Gasteiger partial charge in [0.1, 0.15) is 59.7 Å². The van der Waals surface area contributed by atoms with E-state index >= 15 is 23.6 Å². The molecule has 0 radical (unpaired) electrons. The zero-order valence-corrected chi connectivity index (χ0v) is 57.9. The van der Waals surface area contributed by atoms with Crippen molar-refractivity contribution in [1.29, 1.82) is 0 Å². The highest BCUT2D eigenvalue weighted by Crippen LogP contribution is 2.32. The van der Waals surface area contributed by atoms with E-state index in [1.807, 2.05) is 18.2 Å². The van der Waals surface area contributed by atoms with Crippen LogP contribution in [0, 0.1) is 5.82 Å². The van der Waals surface area contributed by atoms with Gasteiger partial charge in [0.2, 0.25) is 53.2 Å². The van der Waals surface area contributed by atoms with E-state index in [-0.39, 0.29) is 51.2 Å². The van der Waals surface area contributed by atoms with Gasteiger partial charge in [0, 0.05) is 90.5 Å². The number of nitrogens with one attached hydrogen (secondary N) is 9. The number of carboxylic acid groups (broad SMARTS) is 1. The van der Waals surface area contributed by atoms with E-state index in [1.165, 1.54) is 42.7 Å². The summed E-state index contributed by atoms with van der Waals surface area (Å²) in [6.07, 6.45) is 2.94. The normalized spacial score (nSPS) is 22.5. The van der Waals surface area contributed by atoms with Crippen molar-refractivity contribution in [3.05, 3.63) is 173 Å². The van der Waals surface area contributed by atoms with Crippen LogP contribution < -0.4 is 53.0 Å². The number of aliphatic carboxylic acids is 1. The molecule has 534 valence electrons. The van der Waals surface area contributed by atoms with E-state index in [2.05, 4.69) is 63.6 Å². The van der Waals surface area contributed by atoms with Crippen molar-refractivity contribution in [1.82, 2.24) is 52.4 Å². The Morgan fingerprint density at radius 1 is 0.693 bits per heavy atom. The summed E-state index contributed by atoms with van der Waals surface area (Å²) in [6.45, 7) is 1.80. The highest BCUT2D eigenvalue weighted by Gasteiger charge is 2.48. The van der Waals surface area contributed by atoms with Gasteiger partial charge in [0.05, 0.1) is 26.6 Å². The molecule has 0 spiro atoms. The maximum absolute atomic E-state index is 15.6. The number of aliphatic imine (C=N–C) groups is 2. The minimum absolute atomic E-state index is 0.0235. The summed E-state index contributed by atoms with van der Waals surface area (Å²) in [4.78, 5) is 158. The fourth-order valence-corrected chi connectivity index (χ4v) is 14.2. The number of benzene rings is 5. The first-order chi connectivity index (χ1) is 48.8. The number of hydrogen-bond donors (Lipinski definition) is 11. The summed E-state index contributed by atoms with van der Waals surface area (Å²) in [5.41, 5.74) is 9.30. The number of methoxy groups -OCH3 is 1. The molecule has 9 rings (SSSR count). The average Bonchev–Trinajstić information content (AvgIpc) is 1.72. The Hall–Kier alpha value is -9.93. The van der Waals surface area contributed by atoms with Crippen LogP contribution in [0.1, 0.15) is 97.6 Å². The molecule has 1 aromatic heterocycles. The molecule has 4 heterocycles. The lowest BCUT2D eigenvalue weighted by Gasteiger charge is -2.36. The first kappa shape index (κ1) is 75.3. The molecule has 101 heavy (non-hydrogen) atoms. The van der Waals surface area contributed by atoms with Crippen molar-refractivity contribution < 1.29 is 62.2 Å². The molecule has 1 fully saturated rings. The molecule has 7 atom stereocenters. The Kier molecular flexibility index (Phi) is 27.5. The van der Waals surface area contributed by atoms with Crippen molar-refractivity contribution in [2.24, 2.45) is 15.7 Å². The number of carbonyl (C=O) groups excluding carboxylic acids is 9. The number of halogens is 1. The average molecular weight is 1420 g/mol. The molecule has 3 aliphatic heterocycles. The molecule has 1 unspecified atom stereocenters. The van der Waals surface area contributed by atoms with E-state index in [9.17, 15) is 33.9 Å². The van der Waals surface area contributed by atoms with Crippen molar-refractivity contribution >= 4 is 106 Å². The predicted molar refractivity (Wildman–Crippen MR) is 384 cm³/mol. The second-order valence-electron chi connectivity index (χ2n) is 25.2. The number of aromatic nitrogens is 1. The van der Waals surface area contributed by atoms with Gasteiger partial charge in [0.15, 0.2) is 0 Å². The molecule has 0 saturated carbocycles. The van der Waals surface area contributed by atoms with Gasteiger partial charge in [-0.2, -0.15) is 23.5 Å². The summed E-state index contributed by atoms with van der Waals surface area (Å²) in [7, 11) is 1.50. The quantitative estimate of drug-likeness (QED) is 0.0594. The fourth-order valence-electron chi connectivity index (χ4n) is 12.5. The van der Waals surface area contributed by atoms with Crippen LogP contribution in [0.3, 0.4) is 0 Å². The van der Waals surface area contributed by atoms with Gasteiger partial charge in [-0.3, -0.25) is 52.9 Å². The van der Waals surface area contributed by atoms with Crippen LogP contribution in [0.2, 0.25) is 0 Å². The summed E-state index contributed by atoms with van der Waals surface area (Å²) in [5.74, 6) is -7.55. The third kappa shape index (κ3) is 21.3. The minimum atomic E-state index is -1.98. The van der Waals surface area contributed by atoms with Crippen LogP contribution in [0.25, 0.3) is 10.9 Å². The zero-order valence-electron chi connectivity index (χ0n) is 56.3. The summed E-state index contributed by atoms with van der Waals surface area (Å²) < 4.78 is 20.5. The van der Waals surface area contributed by atoms with Crippen molar-refractivity contribution in [2.45, 2.75) is 130 Å². The summed E-state index contributed by atoms with van der Waals surface area (Å²) in [6, 6.07) is 26.8. The maximum Gasteiger partial charge on any atom is 0.305 e. The molecule has 0 aliphatic carbocycles. The van der Waals surface area contributed by atoms with Crippen molar-refractivity contribution in [3.63, 3.8) is 0 Å². The number of H-pyrrole nitrogens is 1. The van der Waals surface area contributed by atoms with Gasteiger partial charge >= 0.3 is 5.97 Å². The highest BCUT2D eigenvalue weighted by molar-refractivity contribution is 7.98. The predicted octanol–water partition coefficient (Wildman–Crippen LogP) is 4.50. The number of fused-ring (bicyclic) bond motifs is 4. The van der Waals surface area contributed by atoms with E-state index in [1.54, 1.807) is 115 Å². The third-order valence-corrected chi connectivity index (χ3v) is 19.9. The highest BCUT2D eigenvalue weighted by atomic mass is 32.2. The lowest BCUT2D eigenvalue weighted by molar-refractivity contribution is -0.146. The summed E-state index contributed by atoms with van der Waals surface area (Å²) >= 11 is 3.15. The van der Waals surface area contributed by atoms with Crippen LogP contribution >= 0.6 is 23.5 Å². The molecule has 2 bridgehead atoms. The fraction of sp³-hybridized carbons (Fsp3) is 0.397. The molecular formula is C73H86FN13O12S2. The van der Waals surface area contributed by atoms with E-state index in [0.29, 0.717) is 99.9 Å². The van der Waals surface area contributed by atoms with Crippen LogP contribution in [0.5, 0.6) is 5.75 Å². The number of carboxylic acids is 1. The molecule has 6 aromatic rings. The van der Waals surface area contributed by atoms with Gasteiger partial charge in [-0.15, -0.1) is 0 Å². The van der Waals surface area contributed by atoms with Gasteiger partial charge in [-0.25, -0.2) is 9.38 Å². The number of rotatable bonds is 16. The largest absolute Gasteiger partial charge is 0.497 e. The second kappa shape index (κ2) is 36.9.